The Morgan fingerprint density at radius 3 is 2.65 bits per heavy atom. The van der Waals surface area contributed by atoms with E-state index in [1.807, 2.05) is 31.2 Å². The Morgan fingerprint density at radius 1 is 1.15 bits per heavy atom. The molecule has 2 aliphatic heterocycles. The number of phenolic OH excluding ortho intramolecular Hbond substituents is 1. The molecule has 0 radical (unpaired) electrons. The molecule has 1 fully saturated rings. The first-order valence-corrected chi connectivity index (χ1v) is 11.4. The fraction of sp³-hybridized carbons (Fsp3) is 0.296. The Bertz CT molecular complexity index is 1240. The van der Waals surface area contributed by atoms with Crippen molar-refractivity contribution in [1.29, 1.82) is 0 Å². The highest BCUT2D eigenvalue weighted by Crippen LogP contribution is 2.47. The van der Waals surface area contributed by atoms with Gasteiger partial charge in [0.05, 0.1) is 6.67 Å². The molecule has 0 unspecified atom stereocenters. The minimum atomic E-state index is -0.393. The van der Waals surface area contributed by atoms with Gasteiger partial charge >= 0.3 is 0 Å². The van der Waals surface area contributed by atoms with Gasteiger partial charge in [-0.25, -0.2) is 0 Å². The summed E-state index contributed by atoms with van der Waals surface area (Å²) < 4.78 is 24.8. The number of fused-ring (bicyclic) bond motifs is 1. The van der Waals surface area contributed by atoms with E-state index >= 15 is 0 Å². The van der Waals surface area contributed by atoms with Crippen LogP contribution in [0.4, 0.5) is 4.39 Å². The monoisotopic (exact) mass is 462 g/mol. The van der Waals surface area contributed by atoms with Gasteiger partial charge in [0.2, 0.25) is 5.56 Å². The number of phenols is 1. The zero-order valence-electron chi connectivity index (χ0n) is 19.0. The Balaban J connectivity index is 1.38. The van der Waals surface area contributed by atoms with Gasteiger partial charge in [0.15, 0.2) is 0 Å². The summed E-state index contributed by atoms with van der Waals surface area (Å²) in [5.74, 6) is 1.80. The van der Waals surface area contributed by atoms with Crippen LogP contribution in [0.15, 0.2) is 65.6 Å². The maximum Gasteiger partial charge on any atom is 0.247 e. The molecule has 3 aromatic rings. The number of benzene rings is 2. The lowest BCUT2D eigenvalue weighted by Crippen LogP contribution is -2.49. The molecule has 34 heavy (non-hydrogen) atoms. The summed E-state index contributed by atoms with van der Waals surface area (Å²) in [6.45, 7) is 4.69. The molecule has 0 bridgehead atoms. The van der Waals surface area contributed by atoms with E-state index in [2.05, 4.69) is 9.88 Å². The molecule has 0 aliphatic carbocycles. The maximum absolute atomic E-state index is 12.6. The molecule has 7 heteroatoms. The van der Waals surface area contributed by atoms with E-state index in [9.17, 15) is 14.3 Å². The van der Waals surface area contributed by atoms with Crippen molar-refractivity contribution in [3.8, 4) is 17.2 Å². The van der Waals surface area contributed by atoms with Crippen LogP contribution in [0.5, 0.6) is 17.2 Å². The Labute approximate surface area is 197 Å². The third kappa shape index (κ3) is 4.43. The predicted octanol–water partition coefficient (Wildman–Crippen LogP) is 4.43. The molecule has 2 aliphatic rings. The number of halogens is 1. The minimum absolute atomic E-state index is 0.168. The van der Waals surface area contributed by atoms with E-state index in [1.54, 1.807) is 30.5 Å². The number of alkyl halides is 1. The number of aromatic nitrogens is 1. The second-order valence-electron chi connectivity index (χ2n) is 8.86. The topological polar surface area (TPSA) is 74.8 Å². The number of nitrogens with zero attached hydrogens (tertiary/aromatic N) is 1. The smallest absolute Gasteiger partial charge is 0.247 e. The van der Waals surface area contributed by atoms with Gasteiger partial charge < -0.3 is 19.6 Å². The van der Waals surface area contributed by atoms with Crippen molar-refractivity contribution in [1.82, 2.24) is 9.88 Å². The van der Waals surface area contributed by atoms with E-state index in [-0.39, 0.29) is 23.9 Å². The molecule has 1 atom stereocenters. The lowest BCUT2D eigenvalue weighted by molar-refractivity contribution is 0.0668. The van der Waals surface area contributed by atoms with Gasteiger partial charge in [0.1, 0.15) is 30.0 Å². The van der Waals surface area contributed by atoms with Crippen molar-refractivity contribution in [3.05, 3.63) is 87.8 Å². The van der Waals surface area contributed by atoms with E-state index in [4.69, 9.17) is 9.47 Å². The molecule has 3 heterocycles. The van der Waals surface area contributed by atoms with Crippen LogP contribution in [0.2, 0.25) is 0 Å². The highest BCUT2D eigenvalue weighted by Gasteiger charge is 2.30. The second kappa shape index (κ2) is 9.35. The third-order valence-corrected chi connectivity index (χ3v) is 6.48. The normalized spacial score (nSPS) is 18.2. The summed E-state index contributed by atoms with van der Waals surface area (Å²) in [6.07, 6.45) is 1.29. The van der Waals surface area contributed by atoms with Gasteiger partial charge in [-0.2, -0.15) is 0 Å². The number of ether oxygens (including phenoxy) is 2. The van der Waals surface area contributed by atoms with Gasteiger partial charge in [-0.15, -0.1) is 0 Å². The summed E-state index contributed by atoms with van der Waals surface area (Å²) in [5, 5.41) is 10.0. The number of pyridine rings is 1. The third-order valence-electron chi connectivity index (χ3n) is 6.48. The molecule has 0 spiro atoms. The summed E-state index contributed by atoms with van der Waals surface area (Å²) in [6, 6.07) is 16.1. The van der Waals surface area contributed by atoms with Crippen LogP contribution in [0.25, 0.3) is 11.1 Å². The summed E-state index contributed by atoms with van der Waals surface area (Å²) in [4.78, 5) is 16.6. The quantitative estimate of drug-likeness (QED) is 0.544. The van der Waals surface area contributed by atoms with Crippen LogP contribution in [-0.2, 0) is 0 Å². The number of allylic oxidation sites excluding steroid dienone is 1. The molecule has 1 aromatic heterocycles. The van der Waals surface area contributed by atoms with Crippen molar-refractivity contribution in [2.45, 2.75) is 13.0 Å². The van der Waals surface area contributed by atoms with Crippen molar-refractivity contribution < 1.29 is 19.0 Å². The first kappa shape index (κ1) is 22.2. The molecule has 5 rings (SSSR count). The lowest BCUT2D eigenvalue weighted by Gasteiger charge is -2.37. The number of hydrogen-bond acceptors (Lipinski definition) is 5. The highest BCUT2D eigenvalue weighted by molar-refractivity contribution is 5.95. The zero-order chi connectivity index (χ0) is 23.7. The first-order valence-electron chi connectivity index (χ1n) is 11.4. The summed E-state index contributed by atoms with van der Waals surface area (Å²) in [5.41, 5.74) is 4.32. The molecular formula is C27H27FN2O4. The number of nitrogens with one attached hydrogen (secondary N) is 1. The molecule has 0 amide bonds. The summed E-state index contributed by atoms with van der Waals surface area (Å²) >= 11 is 0. The molecule has 1 saturated heterocycles. The molecular weight excluding hydrogens is 435 g/mol. The highest BCUT2D eigenvalue weighted by atomic mass is 19.1. The molecule has 176 valence electrons. The average molecular weight is 463 g/mol. The van der Waals surface area contributed by atoms with Crippen LogP contribution < -0.4 is 15.0 Å². The van der Waals surface area contributed by atoms with Crippen LogP contribution in [0.3, 0.4) is 0 Å². The molecule has 0 saturated carbocycles. The second-order valence-corrected chi connectivity index (χ2v) is 8.86. The van der Waals surface area contributed by atoms with Gasteiger partial charge in [-0.3, -0.25) is 14.1 Å². The number of hydrogen-bond donors (Lipinski definition) is 2. The first-order chi connectivity index (χ1) is 16.5. The van der Waals surface area contributed by atoms with Crippen LogP contribution in [0.1, 0.15) is 29.7 Å². The average Bonchev–Trinajstić information content (AvgIpc) is 2.82. The zero-order valence-corrected chi connectivity index (χ0v) is 19.0. The standard InChI is InChI=1S/C27H27FN2O4/c1-17-23-12-21(31)5-8-24(23)34-27(26(17)20-4-9-25(32)29-14-20)19-2-6-22(7-3-19)33-11-10-30-15-18(13-28)16-30/h2-9,12,14,18,27,31H,10-11,13,15-16H2,1H3,(H,29,32)/t27-/m0/s1. The number of aromatic hydroxyl groups is 1. The van der Waals surface area contributed by atoms with Gasteiger partial charge in [0, 0.05) is 49.0 Å². The van der Waals surface area contributed by atoms with E-state index < -0.39 is 6.10 Å². The van der Waals surface area contributed by atoms with Crippen molar-refractivity contribution in [3.63, 3.8) is 0 Å². The van der Waals surface area contributed by atoms with Crippen molar-refractivity contribution >= 4 is 11.1 Å². The maximum atomic E-state index is 12.6. The van der Waals surface area contributed by atoms with E-state index in [0.29, 0.717) is 12.4 Å². The number of rotatable bonds is 7. The molecule has 2 N–H and O–H groups in total. The molecule has 6 nitrogen and oxygen atoms in total. The Kier molecular flexibility index (Phi) is 6.11. The predicted molar refractivity (Wildman–Crippen MR) is 129 cm³/mol. The van der Waals surface area contributed by atoms with Crippen LogP contribution in [-0.4, -0.2) is 47.9 Å². The molecule has 2 aromatic carbocycles. The van der Waals surface area contributed by atoms with E-state index in [0.717, 1.165) is 53.2 Å². The SMILES string of the molecule is CC1=C(c2ccc(=O)[nH]c2)[C@H](c2ccc(OCCN3CC(CF)C3)cc2)Oc2ccc(O)cc21. The minimum Gasteiger partial charge on any atom is -0.508 e. The summed E-state index contributed by atoms with van der Waals surface area (Å²) in [7, 11) is 0. The number of H-pyrrole nitrogens is 1. The van der Waals surface area contributed by atoms with E-state index in [1.165, 1.54) is 6.07 Å². The van der Waals surface area contributed by atoms with Gasteiger partial charge in [-0.1, -0.05) is 12.1 Å². The Morgan fingerprint density at radius 2 is 1.94 bits per heavy atom. The number of aromatic amines is 1. The fourth-order valence-corrected chi connectivity index (χ4v) is 4.61. The Hall–Kier alpha value is -3.58. The van der Waals surface area contributed by atoms with Crippen molar-refractivity contribution in [2.24, 2.45) is 5.92 Å². The lowest BCUT2D eigenvalue weighted by atomic mass is 9.86. The largest absolute Gasteiger partial charge is 0.508 e. The van der Waals surface area contributed by atoms with Crippen LogP contribution in [0, 0.1) is 5.92 Å². The van der Waals surface area contributed by atoms with Gasteiger partial charge in [-0.05, 0) is 60.0 Å². The van der Waals surface area contributed by atoms with Crippen LogP contribution >= 0.6 is 0 Å². The number of likely N-dealkylation sites (tertiary alicyclic amines) is 1. The van der Waals surface area contributed by atoms with Crippen molar-refractivity contribution in [2.75, 3.05) is 32.9 Å². The fourth-order valence-electron chi connectivity index (χ4n) is 4.61. The van der Waals surface area contributed by atoms with Gasteiger partial charge in [0.25, 0.3) is 0 Å².